The van der Waals surface area contributed by atoms with Crippen molar-refractivity contribution in [3.63, 3.8) is 0 Å². The molecule has 0 saturated carbocycles. The Bertz CT molecular complexity index is 449. The van der Waals surface area contributed by atoms with E-state index in [0.29, 0.717) is 5.56 Å². The Hall–Kier alpha value is -1.98. The second-order valence-corrected chi connectivity index (χ2v) is 4.28. The maximum Gasteiger partial charge on any atom is 0.266 e. The number of nitro groups is 1. The van der Waals surface area contributed by atoms with Crippen molar-refractivity contribution in [3.8, 4) is 0 Å². The summed E-state index contributed by atoms with van der Waals surface area (Å²) in [6, 6.07) is 3.37. The summed E-state index contributed by atoms with van der Waals surface area (Å²) in [5.41, 5.74) is -0.652. The van der Waals surface area contributed by atoms with Crippen molar-refractivity contribution in [3.05, 3.63) is 40.2 Å². The summed E-state index contributed by atoms with van der Waals surface area (Å²) in [4.78, 5) is 27.8. The molecule has 1 aliphatic rings. The van der Waals surface area contributed by atoms with Gasteiger partial charge in [-0.2, -0.15) is 0 Å². The molecule has 1 unspecified atom stereocenters. The molecule has 17 heavy (non-hydrogen) atoms. The first-order chi connectivity index (χ1) is 8.06. The average Bonchev–Trinajstić information content (AvgIpc) is 2.33. The first kappa shape index (κ1) is 11.5. The van der Waals surface area contributed by atoms with Crippen molar-refractivity contribution in [2.45, 2.75) is 18.4 Å². The molecule has 1 saturated heterocycles. The van der Waals surface area contributed by atoms with E-state index in [-0.39, 0.29) is 30.2 Å². The lowest BCUT2D eigenvalue weighted by atomic mass is 9.83. The van der Waals surface area contributed by atoms with Crippen LogP contribution in [0.25, 0.3) is 0 Å². The Balaban J connectivity index is 2.41. The Kier molecular flexibility index (Phi) is 2.79. The lowest BCUT2D eigenvalue weighted by Crippen LogP contribution is -2.51. The number of hydrogen-bond donors (Lipinski definition) is 0. The van der Waals surface area contributed by atoms with Gasteiger partial charge in [-0.1, -0.05) is 0 Å². The van der Waals surface area contributed by atoms with E-state index in [2.05, 4.69) is 4.98 Å². The topological polar surface area (TPSA) is 76.3 Å². The number of pyridine rings is 1. The average molecular weight is 235 g/mol. The SMILES string of the molecule is CN1CC(c2cccnc2)([N+](=O)[O-])CCC1=O. The number of nitrogens with zero attached hydrogens (tertiary/aromatic N) is 3. The number of rotatable bonds is 2. The maximum atomic E-state index is 11.4. The second kappa shape index (κ2) is 4.12. The summed E-state index contributed by atoms with van der Waals surface area (Å²) >= 11 is 0. The van der Waals surface area contributed by atoms with Gasteiger partial charge in [0.1, 0.15) is 0 Å². The molecule has 2 heterocycles. The minimum atomic E-state index is -1.21. The Morgan fingerprint density at radius 3 is 2.88 bits per heavy atom. The summed E-state index contributed by atoms with van der Waals surface area (Å²) in [5, 5.41) is 11.4. The third kappa shape index (κ3) is 1.86. The fourth-order valence-corrected chi connectivity index (χ4v) is 2.19. The fraction of sp³-hybridized carbons (Fsp3) is 0.455. The van der Waals surface area contributed by atoms with Crippen molar-refractivity contribution >= 4 is 5.91 Å². The zero-order valence-electron chi connectivity index (χ0n) is 9.50. The smallest absolute Gasteiger partial charge is 0.266 e. The van der Waals surface area contributed by atoms with E-state index >= 15 is 0 Å². The normalized spacial score (nSPS) is 24.8. The van der Waals surface area contributed by atoms with E-state index < -0.39 is 5.54 Å². The largest absolute Gasteiger partial charge is 0.338 e. The zero-order valence-corrected chi connectivity index (χ0v) is 9.50. The van der Waals surface area contributed by atoms with Crippen LogP contribution in [0.15, 0.2) is 24.5 Å². The first-order valence-electron chi connectivity index (χ1n) is 5.35. The second-order valence-electron chi connectivity index (χ2n) is 4.28. The van der Waals surface area contributed by atoms with Crippen LogP contribution in [0.5, 0.6) is 0 Å². The van der Waals surface area contributed by atoms with Crippen LogP contribution in [-0.4, -0.2) is 34.3 Å². The van der Waals surface area contributed by atoms with Gasteiger partial charge in [-0.25, -0.2) is 0 Å². The predicted octanol–water partition coefficient (Wildman–Crippen LogP) is 0.806. The highest BCUT2D eigenvalue weighted by atomic mass is 16.6. The summed E-state index contributed by atoms with van der Waals surface area (Å²) < 4.78 is 0. The lowest BCUT2D eigenvalue weighted by Gasteiger charge is -2.34. The van der Waals surface area contributed by atoms with E-state index in [9.17, 15) is 14.9 Å². The van der Waals surface area contributed by atoms with Gasteiger partial charge in [0.25, 0.3) is 5.54 Å². The Morgan fingerprint density at radius 2 is 2.35 bits per heavy atom. The van der Waals surface area contributed by atoms with E-state index in [1.807, 2.05) is 0 Å². The molecule has 1 aliphatic heterocycles. The molecule has 1 atom stereocenters. The van der Waals surface area contributed by atoms with Crippen LogP contribution in [0.1, 0.15) is 18.4 Å². The molecule has 0 aromatic carbocycles. The molecule has 2 rings (SSSR count). The van der Waals surface area contributed by atoms with Gasteiger partial charge >= 0.3 is 0 Å². The molecule has 0 spiro atoms. The third-order valence-corrected chi connectivity index (χ3v) is 3.23. The van der Waals surface area contributed by atoms with Crippen LogP contribution in [0.2, 0.25) is 0 Å². The molecule has 0 aliphatic carbocycles. The Labute approximate surface area is 98.4 Å². The summed E-state index contributed by atoms with van der Waals surface area (Å²) in [5.74, 6) is -0.0497. The van der Waals surface area contributed by atoms with Gasteiger partial charge in [0.15, 0.2) is 0 Å². The van der Waals surface area contributed by atoms with Crippen LogP contribution < -0.4 is 0 Å². The lowest BCUT2D eigenvalue weighted by molar-refractivity contribution is -0.582. The highest BCUT2D eigenvalue weighted by molar-refractivity contribution is 5.77. The number of carbonyl (C=O) groups is 1. The van der Waals surface area contributed by atoms with Crippen LogP contribution in [0, 0.1) is 10.1 Å². The van der Waals surface area contributed by atoms with Crippen molar-refractivity contribution in [1.82, 2.24) is 9.88 Å². The van der Waals surface area contributed by atoms with Gasteiger partial charge in [0.05, 0.1) is 6.54 Å². The number of likely N-dealkylation sites (tertiary alicyclic amines) is 1. The molecular formula is C11H13N3O3. The van der Waals surface area contributed by atoms with Gasteiger partial charge in [-0.05, 0) is 12.1 Å². The molecule has 90 valence electrons. The number of likely N-dealkylation sites (N-methyl/N-ethyl adjacent to an activating group) is 1. The standard InChI is InChI=1S/C11H13N3O3/c1-13-8-11(14(16)17,5-4-10(13)15)9-3-2-6-12-7-9/h2-3,6-7H,4-5,8H2,1H3. The summed E-state index contributed by atoms with van der Waals surface area (Å²) in [6.07, 6.45) is 3.52. The van der Waals surface area contributed by atoms with E-state index in [1.165, 1.54) is 11.1 Å². The van der Waals surface area contributed by atoms with Gasteiger partial charge < -0.3 is 4.90 Å². The highest BCUT2D eigenvalue weighted by Crippen LogP contribution is 2.34. The van der Waals surface area contributed by atoms with Crippen molar-refractivity contribution in [2.24, 2.45) is 0 Å². The third-order valence-electron chi connectivity index (χ3n) is 3.23. The van der Waals surface area contributed by atoms with Crippen molar-refractivity contribution in [1.29, 1.82) is 0 Å². The van der Waals surface area contributed by atoms with Crippen LogP contribution in [-0.2, 0) is 10.3 Å². The summed E-state index contributed by atoms with van der Waals surface area (Å²) in [6.45, 7) is 0.102. The van der Waals surface area contributed by atoms with E-state index in [4.69, 9.17) is 0 Å². The van der Waals surface area contributed by atoms with Crippen LogP contribution in [0.4, 0.5) is 0 Å². The van der Waals surface area contributed by atoms with Crippen molar-refractivity contribution < 1.29 is 9.72 Å². The van der Waals surface area contributed by atoms with Crippen LogP contribution in [0.3, 0.4) is 0 Å². The molecule has 6 nitrogen and oxygen atoms in total. The molecule has 0 radical (unpaired) electrons. The number of hydrogen-bond acceptors (Lipinski definition) is 4. The molecule has 1 amide bonds. The van der Waals surface area contributed by atoms with Crippen molar-refractivity contribution in [2.75, 3.05) is 13.6 Å². The molecule has 1 aromatic rings. The van der Waals surface area contributed by atoms with E-state index in [1.54, 1.807) is 25.4 Å². The highest BCUT2D eigenvalue weighted by Gasteiger charge is 2.49. The van der Waals surface area contributed by atoms with E-state index in [0.717, 1.165) is 0 Å². The molecule has 6 heteroatoms. The first-order valence-corrected chi connectivity index (χ1v) is 5.35. The minimum Gasteiger partial charge on any atom is -0.338 e. The summed E-state index contributed by atoms with van der Waals surface area (Å²) in [7, 11) is 1.59. The number of amides is 1. The monoisotopic (exact) mass is 235 g/mol. The quantitative estimate of drug-likeness (QED) is 0.561. The minimum absolute atomic E-state index is 0.0497. The number of carbonyl (C=O) groups excluding carboxylic acids is 1. The number of aromatic nitrogens is 1. The molecule has 0 bridgehead atoms. The van der Waals surface area contributed by atoms with Gasteiger partial charge in [-0.3, -0.25) is 19.9 Å². The zero-order chi connectivity index (χ0) is 12.5. The maximum absolute atomic E-state index is 11.4. The molecule has 1 aromatic heterocycles. The van der Waals surface area contributed by atoms with Gasteiger partial charge in [0.2, 0.25) is 5.91 Å². The van der Waals surface area contributed by atoms with Gasteiger partial charge in [-0.15, -0.1) is 0 Å². The Morgan fingerprint density at radius 1 is 1.59 bits per heavy atom. The van der Waals surface area contributed by atoms with Gasteiger partial charge in [0, 0.05) is 42.8 Å². The number of piperidine rings is 1. The molecular weight excluding hydrogens is 222 g/mol. The molecule has 0 N–H and O–H groups in total. The van der Waals surface area contributed by atoms with Crippen LogP contribution >= 0.6 is 0 Å². The fourth-order valence-electron chi connectivity index (χ4n) is 2.19. The molecule has 1 fully saturated rings. The predicted molar refractivity (Wildman–Crippen MR) is 59.8 cm³/mol.